The summed E-state index contributed by atoms with van der Waals surface area (Å²) in [5.41, 5.74) is 0. The Hall–Kier alpha value is 1.30. The lowest BCUT2D eigenvalue weighted by Gasteiger charge is -1.67. The van der Waals surface area contributed by atoms with Crippen LogP contribution in [0.25, 0.3) is 0 Å². The molecule has 0 radical (unpaired) electrons. The molecule has 1 saturated heterocycles. The summed E-state index contributed by atoms with van der Waals surface area (Å²) >= 11 is 0. The summed E-state index contributed by atoms with van der Waals surface area (Å²) in [5.74, 6) is 0. The van der Waals surface area contributed by atoms with Gasteiger partial charge < -0.3 is 0 Å². The van der Waals surface area contributed by atoms with E-state index in [0.717, 1.165) is 34.5 Å². The van der Waals surface area contributed by atoms with E-state index in [4.69, 9.17) is 0 Å². The summed E-state index contributed by atoms with van der Waals surface area (Å²) in [6.07, 6.45) is 0. The van der Waals surface area contributed by atoms with Crippen LogP contribution < -0.4 is 0 Å². The molecule has 0 amide bonds. The molecule has 30 valence electrons. The van der Waals surface area contributed by atoms with Crippen molar-refractivity contribution in [2.75, 3.05) is 0 Å². The zero-order chi connectivity index (χ0) is 3.54. The van der Waals surface area contributed by atoms with Gasteiger partial charge in [-0.05, 0) is 17.1 Å². The fourth-order valence-corrected chi connectivity index (χ4v) is 152. The Kier molecular flexibility index (Phi) is 2.20. The molecule has 0 aromatic carbocycles. The Labute approximate surface area is 42.6 Å². The second-order valence-corrected chi connectivity index (χ2v) is 39.3. The van der Waals surface area contributed by atoms with Gasteiger partial charge in [0.05, 0.1) is 0 Å². The van der Waals surface area contributed by atoms with Gasteiger partial charge in [-0.15, -0.1) is 0 Å². The lowest BCUT2D eigenvalue weighted by atomic mass is 26.5. The van der Waals surface area contributed by atoms with E-state index in [2.05, 4.69) is 0 Å². The summed E-state index contributed by atoms with van der Waals surface area (Å²) in [6.45, 7) is 0. The predicted molar refractivity (Wildman–Crippen MR) is 42.5 cm³/mol. The van der Waals surface area contributed by atoms with Gasteiger partial charge in [-0.25, -0.2) is 0 Å². The molecule has 0 aromatic heterocycles. The van der Waals surface area contributed by atoms with Crippen LogP contribution in [-0.4, -0.2) is 34.5 Å². The molecule has 0 bridgehead atoms. The molecule has 0 nitrogen and oxygen atoms in total. The maximum Gasteiger partial charge on any atom is 0.0242 e. The molecule has 1 aliphatic heterocycles. The van der Waals surface area contributed by atoms with E-state index in [1.807, 2.05) is 0 Å². The molecule has 1 fully saturated rings. The molecular weight excluding hydrogens is 143 g/mol. The third-order valence-corrected chi connectivity index (χ3v) is 77.5. The van der Waals surface area contributed by atoms with Crippen LogP contribution in [0.3, 0.4) is 0 Å². The minimum Gasteiger partial charge on any atom is -0.163 e. The fourth-order valence-electron chi connectivity index (χ4n) is 0.625. The van der Waals surface area contributed by atoms with Crippen molar-refractivity contribution in [3.05, 3.63) is 0 Å². The number of hydrogen-bond donors (Lipinski definition) is 0. The Balaban J connectivity index is 2.08. The zero-order valence-electron chi connectivity index (χ0n) is 3.33. The van der Waals surface area contributed by atoms with Crippen LogP contribution in [0.2, 0.25) is 0 Å². The lowest BCUT2D eigenvalue weighted by molar-refractivity contribution is 4.14. The average molecular weight is 152 g/mol. The van der Waals surface area contributed by atoms with Crippen molar-refractivity contribution in [1.82, 2.24) is 0 Å². The molecule has 5 heavy (non-hydrogen) atoms. The maximum atomic E-state index is 1.71. The molecule has 0 aromatic rings. The highest BCUT2D eigenvalue weighted by atomic mass is 31.6. The fraction of sp³-hybridized carbons (Fsp3) is 0. The van der Waals surface area contributed by atoms with E-state index in [1.165, 1.54) is 0 Å². The summed E-state index contributed by atoms with van der Waals surface area (Å²) < 4.78 is 0. The van der Waals surface area contributed by atoms with E-state index in [1.54, 1.807) is 7.68 Å². The van der Waals surface area contributed by atoms with Crippen LogP contribution in [0.4, 0.5) is 0 Å². The molecule has 0 unspecified atom stereocenters. The number of hydrogen-bond acceptors (Lipinski definition) is 0. The second kappa shape index (κ2) is 2.47. The van der Waals surface area contributed by atoms with Crippen LogP contribution in [0.5, 0.6) is 0 Å². The van der Waals surface area contributed by atoms with E-state index in [0.29, 0.717) is 0 Å². The Morgan fingerprint density at radius 2 is 1.60 bits per heavy atom. The minimum atomic E-state index is 0.833. The molecule has 0 aliphatic carbocycles. The van der Waals surface area contributed by atoms with Gasteiger partial charge in [0.1, 0.15) is 0 Å². The van der Waals surface area contributed by atoms with Crippen LogP contribution >= 0.6 is 7.68 Å². The molecular formula is H9PSi4. The van der Waals surface area contributed by atoms with Gasteiger partial charge in [-0.3, -0.25) is 0 Å². The first-order chi connectivity index (χ1) is 2.50. The summed E-state index contributed by atoms with van der Waals surface area (Å²) in [6, 6.07) is 0. The van der Waals surface area contributed by atoms with Gasteiger partial charge >= 0.3 is 0 Å². The van der Waals surface area contributed by atoms with Gasteiger partial charge in [0.25, 0.3) is 0 Å². The summed E-state index contributed by atoms with van der Waals surface area (Å²) in [4.78, 5) is 0. The first kappa shape index (κ1) is 4.46. The van der Waals surface area contributed by atoms with Crippen molar-refractivity contribution in [3.8, 4) is 0 Å². The van der Waals surface area contributed by atoms with Gasteiger partial charge in [0.15, 0.2) is 0 Å². The van der Waals surface area contributed by atoms with E-state index < -0.39 is 0 Å². The first-order valence-corrected chi connectivity index (χ1v) is 19.9. The molecule has 5 heteroatoms. The smallest absolute Gasteiger partial charge is 0.0242 e. The lowest BCUT2D eigenvalue weighted by Crippen LogP contribution is -2.00. The van der Waals surface area contributed by atoms with Gasteiger partial charge in [0, 0.05) is 17.4 Å². The van der Waals surface area contributed by atoms with Crippen molar-refractivity contribution in [3.63, 3.8) is 0 Å². The molecule has 1 rings (SSSR count). The maximum absolute atomic E-state index is 1.71. The van der Waals surface area contributed by atoms with Gasteiger partial charge in [-0.1, -0.05) is 0 Å². The molecule has 0 saturated carbocycles. The molecule has 0 N–H and O–H groups in total. The van der Waals surface area contributed by atoms with Crippen molar-refractivity contribution in [2.45, 2.75) is 0 Å². The zero-order valence-corrected chi connectivity index (χ0v) is 9.99. The third kappa shape index (κ3) is 1.45. The Morgan fingerprint density at radius 3 is 1.80 bits per heavy atom. The van der Waals surface area contributed by atoms with Crippen molar-refractivity contribution in [2.24, 2.45) is 0 Å². The average Bonchev–Trinajstić information content (AvgIpc) is 1.76. The Bertz CT molecular complexity index is 15.2. The SMILES string of the molecule is [SiH2]1[SiH2][SiH2]P[SiH2]1. The van der Waals surface area contributed by atoms with Crippen LogP contribution in [0.1, 0.15) is 0 Å². The molecule has 1 heterocycles. The highest BCUT2D eigenvalue weighted by Gasteiger charge is 1.98. The van der Waals surface area contributed by atoms with E-state index in [-0.39, 0.29) is 0 Å². The van der Waals surface area contributed by atoms with E-state index in [9.17, 15) is 0 Å². The van der Waals surface area contributed by atoms with Crippen molar-refractivity contribution >= 4 is 42.2 Å². The standard InChI is InChI=1S/H9PSi4/c1-2-4-5-3-1/h1H,2-5H2. The van der Waals surface area contributed by atoms with Crippen LogP contribution in [0.15, 0.2) is 0 Å². The van der Waals surface area contributed by atoms with Crippen molar-refractivity contribution in [1.29, 1.82) is 0 Å². The monoisotopic (exact) mass is 152 g/mol. The van der Waals surface area contributed by atoms with Crippen LogP contribution in [-0.2, 0) is 0 Å². The molecule has 0 spiro atoms. The minimum absolute atomic E-state index is 0.833. The largest absolute Gasteiger partial charge is 0.163 e. The van der Waals surface area contributed by atoms with Crippen LogP contribution in [0, 0.1) is 0 Å². The van der Waals surface area contributed by atoms with E-state index >= 15 is 0 Å². The van der Waals surface area contributed by atoms with Crippen molar-refractivity contribution < 1.29 is 0 Å². The summed E-state index contributed by atoms with van der Waals surface area (Å²) in [7, 11) is 5.17. The summed E-state index contributed by atoms with van der Waals surface area (Å²) in [5, 5.41) is 0. The topological polar surface area (TPSA) is 0 Å². The van der Waals surface area contributed by atoms with Gasteiger partial charge in [-0.2, -0.15) is 7.68 Å². The number of rotatable bonds is 0. The second-order valence-electron chi connectivity index (χ2n) is 1.46. The predicted octanol–water partition coefficient (Wildman–Crippen LogP) is -3.07. The highest BCUT2D eigenvalue weighted by Crippen LogP contribution is 2.03. The normalized spacial score (nSPS) is 48.0. The molecule has 0 atom stereocenters. The quantitative estimate of drug-likeness (QED) is 0.255. The first-order valence-electron chi connectivity index (χ1n) is 2.21. The third-order valence-electron chi connectivity index (χ3n) is 0.957. The highest BCUT2D eigenvalue weighted by molar-refractivity contribution is 8.13. The Morgan fingerprint density at radius 1 is 1.00 bits per heavy atom. The molecule has 1 aliphatic rings. The van der Waals surface area contributed by atoms with Gasteiger partial charge in [0.2, 0.25) is 0 Å².